The van der Waals surface area contributed by atoms with E-state index < -0.39 is 0 Å². The number of ether oxygens (including phenoxy) is 1. The molecule has 0 atom stereocenters. The molecule has 2 aromatic carbocycles. The van der Waals surface area contributed by atoms with Crippen molar-refractivity contribution in [3.63, 3.8) is 0 Å². The Morgan fingerprint density at radius 2 is 1.72 bits per heavy atom. The van der Waals surface area contributed by atoms with Crippen molar-refractivity contribution in [2.75, 3.05) is 50.1 Å². The lowest BCUT2D eigenvalue weighted by molar-refractivity contribution is -0.131. The number of methoxy groups -OCH3 is 1. The van der Waals surface area contributed by atoms with Crippen LogP contribution in [-0.2, 0) is 9.53 Å². The molecule has 154 valence electrons. The number of esters is 1. The number of nitrogens with one attached hydrogen (secondary N) is 1. The van der Waals surface area contributed by atoms with E-state index in [4.69, 9.17) is 4.74 Å². The summed E-state index contributed by atoms with van der Waals surface area (Å²) in [6.07, 6.45) is 0.388. The normalized spacial score (nSPS) is 13.9. The summed E-state index contributed by atoms with van der Waals surface area (Å²) >= 11 is 0. The molecule has 0 aromatic heterocycles. The fourth-order valence-corrected chi connectivity index (χ4v) is 3.66. The third kappa shape index (κ3) is 4.88. The Kier molecular flexibility index (Phi) is 6.75. The van der Waals surface area contributed by atoms with E-state index >= 15 is 0 Å². The Balaban J connectivity index is 1.50. The number of carbonyl (C=O) groups is 2. The number of aryl methyl sites for hydroxylation is 1. The van der Waals surface area contributed by atoms with Crippen LogP contribution in [0.4, 0.5) is 11.4 Å². The van der Waals surface area contributed by atoms with Crippen molar-refractivity contribution in [3.05, 3.63) is 59.2 Å². The van der Waals surface area contributed by atoms with Gasteiger partial charge in [0.1, 0.15) is 0 Å². The van der Waals surface area contributed by atoms with Gasteiger partial charge in [0.2, 0.25) is 5.91 Å². The minimum Gasteiger partial charge on any atom is -0.465 e. The molecule has 1 aliphatic rings. The van der Waals surface area contributed by atoms with Crippen LogP contribution in [0, 0.1) is 13.8 Å². The summed E-state index contributed by atoms with van der Waals surface area (Å²) in [5.74, 6) is -0.254. The number of carbonyl (C=O) groups excluding carboxylic acids is 2. The molecule has 2 aromatic rings. The third-order valence-corrected chi connectivity index (χ3v) is 5.54. The van der Waals surface area contributed by atoms with Crippen LogP contribution in [0.3, 0.4) is 0 Å². The highest BCUT2D eigenvalue weighted by molar-refractivity contribution is 5.95. The molecular weight excluding hydrogens is 366 g/mol. The second-order valence-electron chi connectivity index (χ2n) is 7.30. The number of piperazine rings is 1. The average molecular weight is 396 g/mol. The van der Waals surface area contributed by atoms with Crippen molar-refractivity contribution in [3.8, 4) is 0 Å². The molecule has 0 spiro atoms. The van der Waals surface area contributed by atoms with Gasteiger partial charge >= 0.3 is 5.97 Å². The molecule has 0 radical (unpaired) electrons. The van der Waals surface area contributed by atoms with E-state index in [1.807, 2.05) is 17.0 Å². The zero-order valence-corrected chi connectivity index (χ0v) is 17.4. The summed E-state index contributed by atoms with van der Waals surface area (Å²) in [7, 11) is 1.36. The number of anilines is 2. The number of benzene rings is 2. The first kappa shape index (κ1) is 20.7. The van der Waals surface area contributed by atoms with Gasteiger partial charge in [-0.2, -0.15) is 0 Å². The zero-order valence-electron chi connectivity index (χ0n) is 17.4. The Hall–Kier alpha value is -3.02. The zero-order chi connectivity index (χ0) is 20.8. The highest BCUT2D eigenvalue weighted by atomic mass is 16.5. The van der Waals surface area contributed by atoms with Crippen LogP contribution in [0.2, 0.25) is 0 Å². The first-order valence-corrected chi connectivity index (χ1v) is 10.0. The molecule has 1 amide bonds. The number of nitrogens with zero attached hydrogens (tertiary/aromatic N) is 2. The monoisotopic (exact) mass is 395 g/mol. The summed E-state index contributed by atoms with van der Waals surface area (Å²) < 4.78 is 4.80. The van der Waals surface area contributed by atoms with Gasteiger partial charge < -0.3 is 19.9 Å². The predicted molar refractivity (Wildman–Crippen MR) is 116 cm³/mol. The summed E-state index contributed by atoms with van der Waals surface area (Å²) in [4.78, 5) is 28.7. The van der Waals surface area contributed by atoms with E-state index in [0.717, 1.165) is 26.2 Å². The molecule has 6 heteroatoms. The maximum atomic E-state index is 12.6. The maximum absolute atomic E-state index is 12.6. The predicted octanol–water partition coefficient (Wildman–Crippen LogP) is 3.24. The van der Waals surface area contributed by atoms with Crippen molar-refractivity contribution >= 4 is 23.3 Å². The molecule has 0 saturated carbocycles. The van der Waals surface area contributed by atoms with Gasteiger partial charge in [0.25, 0.3) is 0 Å². The molecular formula is C23H29N3O3. The maximum Gasteiger partial charge on any atom is 0.339 e. The summed E-state index contributed by atoms with van der Waals surface area (Å²) in [6, 6.07) is 13.5. The van der Waals surface area contributed by atoms with Crippen LogP contribution in [-0.4, -0.2) is 56.6 Å². The first-order valence-electron chi connectivity index (χ1n) is 10.0. The van der Waals surface area contributed by atoms with Crippen LogP contribution in [0.5, 0.6) is 0 Å². The number of hydrogen-bond donors (Lipinski definition) is 1. The first-order chi connectivity index (χ1) is 14.0. The van der Waals surface area contributed by atoms with Crippen molar-refractivity contribution < 1.29 is 14.3 Å². The molecule has 1 aliphatic heterocycles. The lowest BCUT2D eigenvalue weighted by Crippen LogP contribution is -2.49. The Labute approximate surface area is 172 Å². The SMILES string of the molecule is COC(=O)c1ccccc1NCCC(=O)N1CCN(c2cccc(C)c2C)CC1. The summed E-state index contributed by atoms with van der Waals surface area (Å²) in [5, 5.41) is 3.19. The number of para-hydroxylation sites is 1. The molecule has 1 fully saturated rings. The Morgan fingerprint density at radius 1 is 1.00 bits per heavy atom. The van der Waals surface area contributed by atoms with Crippen molar-refractivity contribution in [1.29, 1.82) is 0 Å². The van der Waals surface area contributed by atoms with E-state index in [0.29, 0.717) is 24.2 Å². The van der Waals surface area contributed by atoms with Crippen molar-refractivity contribution in [2.24, 2.45) is 0 Å². The van der Waals surface area contributed by atoms with Gasteiger partial charge in [-0.3, -0.25) is 4.79 Å². The van der Waals surface area contributed by atoms with Crippen molar-refractivity contribution in [2.45, 2.75) is 20.3 Å². The molecule has 1 saturated heterocycles. The van der Waals surface area contributed by atoms with Crippen LogP contribution in [0.1, 0.15) is 27.9 Å². The number of rotatable bonds is 6. The minimum atomic E-state index is -0.387. The van der Waals surface area contributed by atoms with E-state index in [1.54, 1.807) is 12.1 Å². The Bertz CT molecular complexity index is 873. The average Bonchev–Trinajstić information content (AvgIpc) is 2.75. The molecule has 1 heterocycles. The topological polar surface area (TPSA) is 61.9 Å². The van der Waals surface area contributed by atoms with Gasteiger partial charge in [-0.05, 0) is 43.2 Å². The van der Waals surface area contributed by atoms with Crippen LogP contribution >= 0.6 is 0 Å². The van der Waals surface area contributed by atoms with E-state index in [9.17, 15) is 9.59 Å². The lowest BCUT2D eigenvalue weighted by Gasteiger charge is -2.37. The van der Waals surface area contributed by atoms with Gasteiger partial charge in [0.15, 0.2) is 0 Å². The van der Waals surface area contributed by atoms with Crippen molar-refractivity contribution in [1.82, 2.24) is 4.90 Å². The summed E-state index contributed by atoms with van der Waals surface area (Å²) in [6.45, 7) is 7.90. The van der Waals surface area contributed by atoms with Gasteiger partial charge in [-0.25, -0.2) is 4.79 Å². The lowest BCUT2D eigenvalue weighted by atomic mass is 10.1. The molecule has 0 aliphatic carbocycles. The standard InChI is InChI=1S/C23H29N3O3/c1-17-7-6-10-21(18(17)2)25-13-15-26(16-14-25)22(27)11-12-24-20-9-5-4-8-19(20)23(28)29-3/h4-10,24H,11-16H2,1-3H3. The highest BCUT2D eigenvalue weighted by Gasteiger charge is 2.22. The van der Waals surface area contributed by atoms with Gasteiger partial charge in [-0.15, -0.1) is 0 Å². The van der Waals surface area contributed by atoms with Crippen LogP contribution in [0.25, 0.3) is 0 Å². The summed E-state index contributed by atoms with van der Waals surface area (Å²) in [5.41, 5.74) is 5.02. The molecule has 3 rings (SSSR count). The fourth-order valence-electron chi connectivity index (χ4n) is 3.66. The van der Waals surface area contributed by atoms with E-state index in [1.165, 1.54) is 23.9 Å². The van der Waals surface area contributed by atoms with Gasteiger partial charge in [-0.1, -0.05) is 24.3 Å². The van der Waals surface area contributed by atoms with E-state index in [2.05, 4.69) is 42.3 Å². The molecule has 6 nitrogen and oxygen atoms in total. The third-order valence-electron chi connectivity index (χ3n) is 5.54. The minimum absolute atomic E-state index is 0.133. The van der Waals surface area contributed by atoms with Gasteiger partial charge in [0, 0.05) is 50.5 Å². The highest BCUT2D eigenvalue weighted by Crippen LogP contribution is 2.24. The molecule has 29 heavy (non-hydrogen) atoms. The Morgan fingerprint density at radius 3 is 2.45 bits per heavy atom. The largest absolute Gasteiger partial charge is 0.465 e. The second-order valence-corrected chi connectivity index (χ2v) is 7.30. The van der Waals surface area contributed by atoms with Gasteiger partial charge in [0.05, 0.1) is 12.7 Å². The molecule has 1 N–H and O–H groups in total. The second kappa shape index (κ2) is 9.45. The van der Waals surface area contributed by atoms with E-state index in [-0.39, 0.29) is 11.9 Å². The number of hydrogen-bond acceptors (Lipinski definition) is 5. The smallest absolute Gasteiger partial charge is 0.339 e. The fraction of sp³-hybridized carbons (Fsp3) is 0.391. The molecule has 0 bridgehead atoms. The number of amides is 1. The molecule has 0 unspecified atom stereocenters. The van der Waals surface area contributed by atoms with Crippen LogP contribution < -0.4 is 10.2 Å². The quantitative estimate of drug-likeness (QED) is 0.761. The van der Waals surface area contributed by atoms with Crippen LogP contribution in [0.15, 0.2) is 42.5 Å².